The normalized spacial score (nSPS) is 11.0. The Bertz CT molecular complexity index is 402. The molecule has 0 aliphatic heterocycles. The predicted molar refractivity (Wildman–Crippen MR) is 105 cm³/mol. The van der Waals surface area contributed by atoms with Crippen molar-refractivity contribution in [2.45, 2.75) is 77.6 Å². The molecule has 0 bridgehead atoms. The zero-order chi connectivity index (χ0) is 15.5. The summed E-state index contributed by atoms with van der Waals surface area (Å²) in [5.41, 5.74) is 1.41. The number of rotatable bonds is 11. The number of halogens is 3. The summed E-state index contributed by atoms with van der Waals surface area (Å²) in [5.74, 6) is 0. The Morgan fingerprint density at radius 1 is 0.667 bits per heavy atom. The van der Waals surface area contributed by atoms with Gasteiger partial charge in [0.1, 0.15) is 0 Å². The highest BCUT2D eigenvalue weighted by Gasteiger charge is 2.07. The molecule has 0 saturated carbocycles. The summed E-state index contributed by atoms with van der Waals surface area (Å²) >= 11 is 10.8. The molecule has 3 heteroatoms. The molecule has 21 heavy (non-hydrogen) atoms. The molecule has 0 nitrogen and oxygen atoms in total. The molecule has 0 atom stereocenters. The minimum atomic E-state index is 1.11. The summed E-state index contributed by atoms with van der Waals surface area (Å²) in [6, 6.07) is 4.34. The van der Waals surface area contributed by atoms with Crippen molar-refractivity contribution in [2.24, 2.45) is 0 Å². The number of hydrogen-bond acceptors (Lipinski definition) is 0. The lowest BCUT2D eigenvalue weighted by atomic mass is 10.0. The molecule has 0 saturated heterocycles. The maximum atomic E-state index is 3.68. The molecule has 0 aromatic heterocycles. The van der Waals surface area contributed by atoms with Crippen LogP contribution in [0.5, 0.6) is 0 Å². The van der Waals surface area contributed by atoms with Gasteiger partial charge in [-0.15, -0.1) is 0 Å². The third-order valence-corrected chi connectivity index (χ3v) is 7.37. The van der Waals surface area contributed by atoms with Crippen LogP contribution in [0.4, 0.5) is 0 Å². The van der Waals surface area contributed by atoms with Gasteiger partial charge in [0, 0.05) is 13.4 Å². The average Bonchev–Trinajstić information content (AvgIpc) is 2.49. The Balaban J connectivity index is 2.06. The summed E-state index contributed by atoms with van der Waals surface area (Å²) in [5, 5.41) is 0. The van der Waals surface area contributed by atoms with E-state index >= 15 is 0 Å². The van der Waals surface area contributed by atoms with E-state index in [1.807, 2.05) is 0 Å². The standard InChI is InChI=1S/C18H27Br3/c1-2-3-4-5-6-7-8-9-10-11-12-15-13-14-16(19)18(21)17(15)20/h13-14H,2-12H2,1H3. The van der Waals surface area contributed by atoms with Crippen LogP contribution in [-0.2, 0) is 6.42 Å². The van der Waals surface area contributed by atoms with Crippen LogP contribution in [0.1, 0.15) is 76.7 Å². The van der Waals surface area contributed by atoms with E-state index in [1.165, 1.54) is 80.7 Å². The smallest absolute Gasteiger partial charge is 0.0462 e. The van der Waals surface area contributed by atoms with Gasteiger partial charge in [0.15, 0.2) is 0 Å². The molecular weight excluding hydrogens is 456 g/mol. The van der Waals surface area contributed by atoms with Crippen molar-refractivity contribution in [1.29, 1.82) is 0 Å². The van der Waals surface area contributed by atoms with E-state index in [2.05, 4.69) is 66.8 Å². The average molecular weight is 483 g/mol. The van der Waals surface area contributed by atoms with E-state index in [9.17, 15) is 0 Å². The van der Waals surface area contributed by atoms with Crippen LogP contribution in [0.3, 0.4) is 0 Å². The lowest BCUT2D eigenvalue weighted by Gasteiger charge is -2.08. The van der Waals surface area contributed by atoms with Gasteiger partial charge in [-0.3, -0.25) is 0 Å². The first kappa shape index (κ1) is 19.7. The first-order valence-electron chi connectivity index (χ1n) is 8.29. The summed E-state index contributed by atoms with van der Waals surface area (Å²) < 4.78 is 3.45. The van der Waals surface area contributed by atoms with Crippen LogP contribution >= 0.6 is 47.8 Å². The Kier molecular flexibility index (Phi) is 11.4. The quantitative estimate of drug-likeness (QED) is 0.219. The van der Waals surface area contributed by atoms with E-state index in [0.717, 1.165) is 8.95 Å². The molecule has 0 unspecified atom stereocenters. The first-order valence-corrected chi connectivity index (χ1v) is 10.7. The second-order valence-electron chi connectivity index (χ2n) is 5.77. The molecule has 0 aliphatic carbocycles. The monoisotopic (exact) mass is 480 g/mol. The van der Waals surface area contributed by atoms with Crippen molar-refractivity contribution in [2.75, 3.05) is 0 Å². The predicted octanol–water partition coefficient (Wildman–Crippen LogP) is 8.44. The highest BCUT2D eigenvalue weighted by atomic mass is 79.9. The van der Waals surface area contributed by atoms with E-state index in [1.54, 1.807) is 0 Å². The number of hydrogen-bond donors (Lipinski definition) is 0. The van der Waals surface area contributed by atoms with Gasteiger partial charge in [-0.25, -0.2) is 0 Å². The second kappa shape index (κ2) is 12.1. The topological polar surface area (TPSA) is 0 Å². The molecule has 0 aliphatic rings. The van der Waals surface area contributed by atoms with Crippen LogP contribution in [0, 0.1) is 0 Å². The first-order chi connectivity index (χ1) is 10.2. The molecule has 0 radical (unpaired) electrons. The molecule has 0 fully saturated rings. The summed E-state index contributed by atoms with van der Waals surface area (Å²) in [6.07, 6.45) is 15.1. The fourth-order valence-electron chi connectivity index (χ4n) is 2.56. The maximum Gasteiger partial charge on any atom is 0.0462 e. The van der Waals surface area contributed by atoms with Gasteiger partial charge < -0.3 is 0 Å². The molecule has 0 N–H and O–H groups in total. The van der Waals surface area contributed by atoms with Gasteiger partial charge in [-0.05, 0) is 72.3 Å². The fraction of sp³-hybridized carbons (Fsp3) is 0.667. The highest BCUT2D eigenvalue weighted by molar-refractivity contribution is 9.14. The lowest BCUT2D eigenvalue weighted by Crippen LogP contribution is -1.89. The fourth-order valence-corrected chi connectivity index (χ4v) is 4.09. The van der Waals surface area contributed by atoms with Gasteiger partial charge in [-0.1, -0.05) is 70.8 Å². The second-order valence-corrected chi connectivity index (χ2v) is 8.21. The minimum absolute atomic E-state index is 1.11. The molecule has 0 amide bonds. The van der Waals surface area contributed by atoms with Crippen molar-refractivity contribution < 1.29 is 0 Å². The lowest BCUT2D eigenvalue weighted by molar-refractivity contribution is 0.556. The molecular formula is C18H27Br3. The number of benzene rings is 1. The van der Waals surface area contributed by atoms with Crippen LogP contribution in [0.15, 0.2) is 25.6 Å². The molecule has 120 valence electrons. The molecule has 0 heterocycles. The van der Waals surface area contributed by atoms with Crippen molar-refractivity contribution in [3.05, 3.63) is 31.1 Å². The van der Waals surface area contributed by atoms with Crippen LogP contribution < -0.4 is 0 Å². The Morgan fingerprint density at radius 2 is 1.19 bits per heavy atom. The van der Waals surface area contributed by atoms with E-state index in [0.29, 0.717) is 0 Å². The van der Waals surface area contributed by atoms with Crippen molar-refractivity contribution in [3.8, 4) is 0 Å². The molecule has 1 aromatic carbocycles. The Labute approximate surface area is 155 Å². The van der Waals surface area contributed by atoms with Crippen molar-refractivity contribution >= 4 is 47.8 Å². The van der Waals surface area contributed by atoms with Crippen LogP contribution in [-0.4, -0.2) is 0 Å². The third-order valence-electron chi connectivity index (χ3n) is 3.91. The van der Waals surface area contributed by atoms with Crippen LogP contribution in [0.25, 0.3) is 0 Å². The molecule has 0 spiro atoms. The number of unbranched alkanes of at least 4 members (excludes halogenated alkanes) is 9. The highest BCUT2D eigenvalue weighted by Crippen LogP contribution is 2.34. The van der Waals surface area contributed by atoms with E-state index in [4.69, 9.17) is 0 Å². The van der Waals surface area contributed by atoms with Gasteiger partial charge in [0.2, 0.25) is 0 Å². The Hall–Kier alpha value is 0.660. The SMILES string of the molecule is CCCCCCCCCCCCc1ccc(Br)c(Br)c1Br. The summed E-state index contributed by atoms with van der Waals surface area (Å²) in [4.78, 5) is 0. The van der Waals surface area contributed by atoms with E-state index in [-0.39, 0.29) is 0 Å². The zero-order valence-electron chi connectivity index (χ0n) is 13.1. The van der Waals surface area contributed by atoms with Gasteiger partial charge in [-0.2, -0.15) is 0 Å². The van der Waals surface area contributed by atoms with Crippen molar-refractivity contribution in [3.63, 3.8) is 0 Å². The minimum Gasteiger partial charge on any atom is -0.0654 e. The Morgan fingerprint density at radius 3 is 1.76 bits per heavy atom. The third kappa shape index (κ3) is 8.18. The molecule has 1 rings (SSSR count). The van der Waals surface area contributed by atoms with Gasteiger partial charge in [0.05, 0.1) is 0 Å². The largest absolute Gasteiger partial charge is 0.0654 e. The maximum absolute atomic E-state index is 3.68. The van der Waals surface area contributed by atoms with Crippen molar-refractivity contribution in [1.82, 2.24) is 0 Å². The number of aryl methyl sites for hydroxylation is 1. The molecule has 1 aromatic rings. The summed E-state index contributed by atoms with van der Waals surface area (Å²) in [6.45, 7) is 2.28. The van der Waals surface area contributed by atoms with Gasteiger partial charge in [0.25, 0.3) is 0 Å². The van der Waals surface area contributed by atoms with Gasteiger partial charge >= 0.3 is 0 Å². The van der Waals surface area contributed by atoms with Crippen LogP contribution in [0.2, 0.25) is 0 Å². The summed E-state index contributed by atoms with van der Waals surface area (Å²) in [7, 11) is 0. The zero-order valence-corrected chi connectivity index (χ0v) is 17.8. The van der Waals surface area contributed by atoms with E-state index < -0.39 is 0 Å².